The summed E-state index contributed by atoms with van der Waals surface area (Å²) in [6, 6.07) is 0. The van der Waals surface area contributed by atoms with Crippen molar-refractivity contribution >= 4 is 28.1 Å². The van der Waals surface area contributed by atoms with Gasteiger partial charge in [-0.05, 0) is 35.2 Å². The SMILES string of the molecule is S=c1[nH]c(CC2CCCCO2)ncc1Br. The Labute approximate surface area is 102 Å². The van der Waals surface area contributed by atoms with E-state index in [4.69, 9.17) is 17.0 Å². The second-order valence-electron chi connectivity index (χ2n) is 3.70. The Hall–Kier alpha value is -0.260. The zero-order valence-electron chi connectivity index (χ0n) is 8.33. The van der Waals surface area contributed by atoms with Crippen molar-refractivity contribution in [2.24, 2.45) is 0 Å². The van der Waals surface area contributed by atoms with E-state index in [1.165, 1.54) is 12.8 Å². The first-order valence-corrected chi connectivity index (χ1v) is 6.31. The number of aromatic amines is 1. The number of H-pyrrole nitrogens is 1. The van der Waals surface area contributed by atoms with Crippen molar-refractivity contribution < 1.29 is 4.74 Å². The average Bonchev–Trinajstić information content (AvgIpc) is 2.25. The molecule has 82 valence electrons. The van der Waals surface area contributed by atoms with Gasteiger partial charge in [-0.3, -0.25) is 0 Å². The van der Waals surface area contributed by atoms with Crippen LogP contribution in [0.25, 0.3) is 0 Å². The number of hydrogen-bond donors (Lipinski definition) is 1. The Morgan fingerprint density at radius 3 is 3.13 bits per heavy atom. The molecule has 3 nitrogen and oxygen atoms in total. The van der Waals surface area contributed by atoms with Crippen LogP contribution in [0.1, 0.15) is 25.1 Å². The van der Waals surface area contributed by atoms with E-state index in [-0.39, 0.29) is 0 Å². The van der Waals surface area contributed by atoms with Gasteiger partial charge in [0.15, 0.2) is 0 Å². The van der Waals surface area contributed by atoms with E-state index in [0.717, 1.165) is 29.7 Å². The minimum absolute atomic E-state index is 0.304. The third-order valence-corrected chi connectivity index (χ3v) is 3.69. The quantitative estimate of drug-likeness (QED) is 0.850. The molecule has 2 heterocycles. The molecule has 1 N–H and O–H groups in total. The van der Waals surface area contributed by atoms with E-state index < -0.39 is 0 Å². The molecule has 0 aromatic carbocycles. The largest absolute Gasteiger partial charge is 0.378 e. The van der Waals surface area contributed by atoms with Gasteiger partial charge in [0.05, 0.1) is 10.6 Å². The number of ether oxygens (including phenoxy) is 1. The molecule has 1 saturated heterocycles. The van der Waals surface area contributed by atoms with Crippen molar-refractivity contribution in [2.75, 3.05) is 6.61 Å². The van der Waals surface area contributed by atoms with Crippen molar-refractivity contribution in [3.8, 4) is 0 Å². The predicted octanol–water partition coefficient (Wildman–Crippen LogP) is 3.01. The molecule has 0 aliphatic carbocycles. The maximum Gasteiger partial charge on any atom is 0.120 e. The predicted molar refractivity (Wildman–Crippen MR) is 64.4 cm³/mol. The number of halogens is 1. The van der Waals surface area contributed by atoms with E-state index in [1.807, 2.05) is 0 Å². The molecule has 0 spiro atoms. The number of nitrogens with one attached hydrogen (secondary N) is 1. The number of aromatic nitrogens is 2. The molecule has 0 bridgehead atoms. The lowest BCUT2D eigenvalue weighted by molar-refractivity contribution is 0.0156. The maximum absolute atomic E-state index is 5.65. The van der Waals surface area contributed by atoms with Crippen molar-refractivity contribution in [1.29, 1.82) is 0 Å². The van der Waals surface area contributed by atoms with Gasteiger partial charge >= 0.3 is 0 Å². The summed E-state index contributed by atoms with van der Waals surface area (Å²) in [5, 5.41) is 0. The molecular weight excluding hydrogens is 276 g/mol. The zero-order chi connectivity index (χ0) is 10.7. The molecule has 15 heavy (non-hydrogen) atoms. The molecule has 1 atom stereocenters. The van der Waals surface area contributed by atoms with Gasteiger partial charge in [-0.2, -0.15) is 0 Å². The summed E-state index contributed by atoms with van der Waals surface area (Å²) < 4.78 is 7.19. The molecule has 1 aromatic rings. The minimum atomic E-state index is 0.304. The molecule has 2 rings (SSSR count). The smallest absolute Gasteiger partial charge is 0.120 e. The summed E-state index contributed by atoms with van der Waals surface area (Å²) in [4.78, 5) is 7.38. The molecule has 0 amide bonds. The van der Waals surface area contributed by atoms with E-state index in [9.17, 15) is 0 Å². The number of nitrogens with zero attached hydrogens (tertiary/aromatic N) is 1. The van der Waals surface area contributed by atoms with Crippen molar-refractivity contribution in [2.45, 2.75) is 31.8 Å². The van der Waals surface area contributed by atoms with Gasteiger partial charge < -0.3 is 9.72 Å². The summed E-state index contributed by atoms with van der Waals surface area (Å²) in [6.45, 7) is 0.877. The Balaban J connectivity index is 2.03. The van der Waals surface area contributed by atoms with Crippen LogP contribution in [-0.4, -0.2) is 22.7 Å². The lowest BCUT2D eigenvalue weighted by atomic mass is 10.1. The first kappa shape index (κ1) is 11.2. The van der Waals surface area contributed by atoms with E-state index in [1.54, 1.807) is 6.20 Å². The van der Waals surface area contributed by atoms with E-state index >= 15 is 0 Å². The molecule has 1 aliphatic heterocycles. The normalized spacial score (nSPS) is 21.5. The highest BCUT2D eigenvalue weighted by atomic mass is 79.9. The number of rotatable bonds is 2. The van der Waals surface area contributed by atoms with Crippen molar-refractivity contribution in [1.82, 2.24) is 9.97 Å². The topological polar surface area (TPSA) is 37.9 Å². The summed E-state index contributed by atoms with van der Waals surface area (Å²) >= 11 is 8.45. The highest BCUT2D eigenvalue weighted by Gasteiger charge is 2.15. The summed E-state index contributed by atoms with van der Waals surface area (Å²) in [5.41, 5.74) is 0. The van der Waals surface area contributed by atoms with Crippen LogP contribution in [0, 0.1) is 4.64 Å². The Morgan fingerprint density at radius 1 is 1.60 bits per heavy atom. The van der Waals surface area contributed by atoms with Crippen LogP contribution in [0.15, 0.2) is 10.7 Å². The van der Waals surface area contributed by atoms with Crippen LogP contribution in [0.4, 0.5) is 0 Å². The fourth-order valence-corrected chi connectivity index (χ4v) is 2.08. The molecule has 5 heteroatoms. The maximum atomic E-state index is 5.65. The monoisotopic (exact) mass is 288 g/mol. The first-order valence-electron chi connectivity index (χ1n) is 5.11. The molecule has 0 radical (unpaired) electrons. The molecular formula is C10H13BrN2OS. The summed E-state index contributed by atoms with van der Waals surface area (Å²) in [5.74, 6) is 0.912. The van der Waals surface area contributed by atoms with E-state index in [0.29, 0.717) is 10.7 Å². The minimum Gasteiger partial charge on any atom is -0.378 e. The average molecular weight is 289 g/mol. The van der Waals surface area contributed by atoms with Gasteiger partial charge in [0.25, 0.3) is 0 Å². The summed E-state index contributed by atoms with van der Waals surface area (Å²) in [7, 11) is 0. The van der Waals surface area contributed by atoms with Crippen LogP contribution in [0.2, 0.25) is 0 Å². The Kier molecular flexibility index (Phi) is 3.88. The highest BCUT2D eigenvalue weighted by Crippen LogP contribution is 2.16. The van der Waals surface area contributed by atoms with Gasteiger partial charge in [-0.25, -0.2) is 4.98 Å². The van der Waals surface area contributed by atoms with Gasteiger partial charge in [-0.15, -0.1) is 0 Å². The lowest BCUT2D eigenvalue weighted by Gasteiger charge is -2.21. The fourth-order valence-electron chi connectivity index (χ4n) is 1.70. The third-order valence-electron chi connectivity index (χ3n) is 2.50. The third kappa shape index (κ3) is 3.09. The number of hydrogen-bond acceptors (Lipinski definition) is 3. The first-order chi connectivity index (χ1) is 7.25. The molecule has 1 fully saturated rings. The van der Waals surface area contributed by atoms with Gasteiger partial charge in [0.2, 0.25) is 0 Å². The standard InChI is InChI=1S/C10H13BrN2OS/c11-8-6-12-9(13-10(8)15)5-7-3-1-2-4-14-7/h6-7H,1-5H2,(H,12,13,15). The van der Waals surface area contributed by atoms with Crippen molar-refractivity contribution in [3.05, 3.63) is 21.1 Å². The van der Waals surface area contributed by atoms with E-state index in [2.05, 4.69) is 25.9 Å². The highest BCUT2D eigenvalue weighted by molar-refractivity contribution is 9.10. The molecule has 1 unspecified atom stereocenters. The Bertz CT molecular complexity index is 387. The fraction of sp³-hybridized carbons (Fsp3) is 0.600. The second kappa shape index (κ2) is 5.18. The van der Waals surface area contributed by atoms with Gasteiger partial charge in [0.1, 0.15) is 10.5 Å². The van der Waals surface area contributed by atoms with Crippen LogP contribution >= 0.6 is 28.1 Å². The lowest BCUT2D eigenvalue weighted by Crippen LogP contribution is -2.22. The Morgan fingerprint density at radius 2 is 2.47 bits per heavy atom. The van der Waals surface area contributed by atoms with Crippen LogP contribution in [0.5, 0.6) is 0 Å². The van der Waals surface area contributed by atoms with Crippen LogP contribution < -0.4 is 0 Å². The van der Waals surface area contributed by atoms with Gasteiger partial charge in [-0.1, -0.05) is 12.2 Å². The molecule has 1 aromatic heterocycles. The molecule has 1 aliphatic rings. The summed E-state index contributed by atoms with van der Waals surface area (Å²) in [6.07, 6.45) is 6.44. The second-order valence-corrected chi connectivity index (χ2v) is 4.96. The van der Waals surface area contributed by atoms with Crippen molar-refractivity contribution in [3.63, 3.8) is 0 Å². The molecule has 0 saturated carbocycles. The van der Waals surface area contributed by atoms with Crippen LogP contribution in [-0.2, 0) is 11.2 Å². The van der Waals surface area contributed by atoms with Gasteiger partial charge in [0, 0.05) is 19.2 Å². The van der Waals surface area contributed by atoms with Crippen LogP contribution in [0.3, 0.4) is 0 Å². The zero-order valence-corrected chi connectivity index (χ0v) is 10.7.